The molecule has 0 unspecified atom stereocenters. The summed E-state index contributed by atoms with van der Waals surface area (Å²) in [7, 11) is 3.50. The van der Waals surface area contributed by atoms with Gasteiger partial charge in [0.25, 0.3) is 0 Å². The molecule has 0 atom stereocenters. The normalized spacial score (nSPS) is 12.6. The van der Waals surface area contributed by atoms with E-state index in [1.165, 1.54) is 32.3 Å². The van der Waals surface area contributed by atoms with E-state index in [0.717, 1.165) is 39.3 Å². The van der Waals surface area contributed by atoms with Crippen molar-refractivity contribution in [1.82, 2.24) is 4.90 Å². The zero-order valence-corrected chi connectivity index (χ0v) is 16.7. The molecule has 140 valence electrons. The summed E-state index contributed by atoms with van der Waals surface area (Å²) in [5.74, 6) is 0. The molecule has 5 heteroatoms. The standard InChI is InChI=1S/C21H28N2O2S/c1-16-5-4-6-19-21(16)22-18-8-7-17(15-20(18)26-19)9-10-23(11-13-24-2)12-14-25-3/h4-8,15,22H,9-14H2,1-3H3. The van der Waals surface area contributed by atoms with E-state index in [1.807, 2.05) is 11.8 Å². The lowest BCUT2D eigenvalue weighted by Gasteiger charge is -2.24. The van der Waals surface area contributed by atoms with Crippen molar-refractivity contribution in [3.8, 4) is 0 Å². The van der Waals surface area contributed by atoms with E-state index < -0.39 is 0 Å². The molecule has 1 aliphatic rings. The van der Waals surface area contributed by atoms with Gasteiger partial charge in [0, 0.05) is 43.6 Å². The van der Waals surface area contributed by atoms with Crippen LogP contribution in [0.1, 0.15) is 11.1 Å². The van der Waals surface area contributed by atoms with Crippen molar-refractivity contribution < 1.29 is 9.47 Å². The smallest absolute Gasteiger partial charge is 0.0589 e. The molecule has 0 aliphatic carbocycles. The van der Waals surface area contributed by atoms with Gasteiger partial charge in [0.1, 0.15) is 0 Å². The lowest BCUT2D eigenvalue weighted by atomic mass is 10.1. The van der Waals surface area contributed by atoms with Crippen LogP contribution in [0.3, 0.4) is 0 Å². The second-order valence-corrected chi connectivity index (χ2v) is 7.67. The maximum atomic E-state index is 5.23. The van der Waals surface area contributed by atoms with Gasteiger partial charge < -0.3 is 14.8 Å². The van der Waals surface area contributed by atoms with Crippen molar-refractivity contribution in [1.29, 1.82) is 0 Å². The lowest BCUT2D eigenvalue weighted by molar-refractivity contribution is 0.115. The fourth-order valence-corrected chi connectivity index (χ4v) is 4.25. The number of para-hydroxylation sites is 1. The fourth-order valence-electron chi connectivity index (χ4n) is 3.11. The third-order valence-electron chi connectivity index (χ3n) is 4.70. The number of fused-ring (bicyclic) bond motifs is 2. The summed E-state index contributed by atoms with van der Waals surface area (Å²) in [6.07, 6.45) is 1.03. The second kappa shape index (κ2) is 9.42. The molecular formula is C21H28N2O2S. The van der Waals surface area contributed by atoms with Crippen LogP contribution in [-0.2, 0) is 15.9 Å². The molecule has 26 heavy (non-hydrogen) atoms. The number of hydrogen-bond acceptors (Lipinski definition) is 5. The minimum absolute atomic E-state index is 0.754. The van der Waals surface area contributed by atoms with Crippen LogP contribution in [0.4, 0.5) is 11.4 Å². The van der Waals surface area contributed by atoms with E-state index in [1.54, 1.807) is 14.2 Å². The summed E-state index contributed by atoms with van der Waals surface area (Å²) in [5, 5.41) is 3.59. The molecule has 0 aromatic heterocycles. The Bertz CT molecular complexity index is 728. The zero-order valence-electron chi connectivity index (χ0n) is 15.9. The van der Waals surface area contributed by atoms with Crippen LogP contribution in [0.15, 0.2) is 46.2 Å². The number of nitrogens with one attached hydrogen (secondary N) is 1. The van der Waals surface area contributed by atoms with E-state index in [0.29, 0.717) is 0 Å². The highest BCUT2D eigenvalue weighted by Crippen LogP contribution is 2.45. The first-order valence-corrected chi connectivity index (χ1v) is 9.90. The van der Waals surface area contributed by atoms with Gasteiger partial charge in [0.05, 0.1) is 24.6 Å². The van der Waals surface area contributed by atoms with Gasteiger partial charge in [0.15, 0.2) is 0 Å². The van der Waals surface area contributed by atoms with Crippen molar-refractivity contribution in [2.24, 2.45) is 0 Å². The van der Waals surface area contributed by atoms with Crippen LogP contribution in [0, 0.1) is 6.92 Å². The maximum Gasteiger partial charge on any atom is 0.0589 e. The molecule has 0 amide bonds. The fraction of sp³-hybridized carbons (Fsp3) is 0.429. The van der Waals surface area contributed by atoms with E-state index >= 15 is 0 Å². The van der Waals surface area contributed by atoms with Crippen molar-refractivity contribution in [2.45, 2.75) is 23.1 Å². The number of methoxy groups -OCH3 is 2. The van der Waals surface area contributed by atoms with Crippen LogP contribution in [-0.4, -0.2) is 52.0 Å². The van der Waals surface area contributed by atoms with Crippen LogP contribution in [0.5, 0.6) is 0 Å². The molecule has 1 aliphatic heterocycles. The Balaban J connectivity index is 1.65. The highest BCUT2D eigenvalue weighted by atomic mass is 32.2. The zero-order chi connectivity index (χ0) is 18.4. The van der Waals surface area contributed by atoms with Crippen molar-refractivity contribution in [2.75, 3.05) is 52.4 Å². The molecule has 0 radical (unpaired) electrons. The monoisotopic (exact) mass is 372 g/mol. The molecule has 0 spiro atoms. The van der Waals surface area contributed by atoms with Crippen LogP contribution in [0.2, 0.25) is 0 Å². The van der Waals surface area contributed by atoms with E-state index in [-0.39, 0.29) is 0 Å². The summed E-state index contributed by atoms with van der Waals surface area (Å²) in [6, 6.07) is 13.2. The van der Waals surface area contributed by atoms with Gasteiger partial charge in [-0.05, 0) is 42.7 Å². The Morgan fingerprint density at radius 2 is 1.73 bits per heavy atom. The Morgan fingerprint density at radius 1 is 0.962 bits per heavy atom. The highest BCUT2D eigenvalue weighted by molar-refractivity contribution is 7.99. The maximum absolute atomic E-state index is 5.23. The van der Waals surface area contributed by atoms with Gasteiger partial charge in [-0.2, -0.15) is 0 Å². The minimum atomic E-state index is 0.754. The van der Waals surface area contributed by atoms with Crippen LogP contribution >= 0.6 is 11.8 Å². The highest BCUT2D eigenvalue weighted by Gasteiger charge is 2.17. The molecule has 0 fully saturated rings. The SMILES string of the molecule is COCCN(CCOC)CCc1ccc2c(c1)Sc1cccc(C)c1N2. The number of rotatable bonds is 9. The van der Waals surface area contributed by atoms with Gasteiger partial charge in [-0.1, -0.05) is 30.0 Å². The molecule has 1 N–H and O–H groups in total. The van der Waals surface area contributed by atoms with Gasteiger partial charge in [-0.25, -0.2) is 0 Å². The third kappa shape index (κ3) is 4.80. The van der Waals surface area contributed by atoms with Gasteiger partial charge in [0.2, 0.25) is 0 Å². The lowest BCUT2D eigenvalue weighted by Crippen LogP contribution is -2.32. The molecule has 4 nitrogen and oxygen atoms in total. The van der Waals surface area contributed by atoms with Gasteiger partial charge in [-0.15, -0.1) is 0 Å². The first-order valence-electron chi connectivity index (χ1n) is 9.09. The van der Waals surface area contributed by atoms with Crippen molar-refractivity contribution in [3.63, 3.8) is 0 Å². The van der Waals surface area contributed by atoms with E-state index in [9.17, 15) is 0 Å². The molecule has 2 aromatic rings. The Hall–Kier alpha value is -1.53. The molecule has 0 saturated heterocycles. The predicted molar refractivity (Wildman–Crippen MR) is 109 cm³/mol. The number of nitrogens with zero attached hydrogens (tertiary/aromatic N) is 1. The average molecular weight is 373 g/mol. The molecule has 0 saturated carbocycles. The van der Waals surface area contributed by atoms with Crippen LogP contribution < -0.4 is 5.32 Å². The van der Waals surface area contributed by atoms with Crippen molar-refractivity contribution in [3.05, 3.63) is 47.5 Å². The molecule has 1 heterocycles. The predicted octanol–water partition coefficient (Wildman–Crippen LogP) is 4.34. The summed E-state index contributed by atoms with van der Waals surface area (Å²) in [6.45, 7) is 6.55. The summed E-state index contributed by atoms with van der Waals surface area (Å²) in [4.78, 5) is 5.01. The average Bonchev–Trinajstić information content (AvgIpc) is 2.66. The van der Waals surface area contributed by atoms with E-state index in [4.69, 9.17) is 9.47 Å². The molecule has 0 bridgehead atoms. The largest absolute Gasteiger partial charge is 0.383 e. The molecular weight excluding hydrogens is 344 g/mol. The number of anilines is 2. The summed E-state index contributed by atoms with van der Waals surface area (Å²) >= 11 is 1.86. The summed E-state index contributed by atoms with van der Waals surface area (Å²) in [5.41, 5.74) is 5.10. The number of benzene rings is 2. The topological polar surface area (TPSA) is 33.7 Å². The Kier molecular flexibility index (Phi) is 6.97. The quantitative estimate of drug-likeness (QED) is 0.604. The molecule has 2 aromatic carbocycles. The number of hydrogen-bond donors (Lipinski definition) is 1. The van der Waals surface area contributed by atoms with E-state index in [2.05, 4.69) is 53.5 Å². The number of aryl methyl sites for hydroxylation is 1. The third-order valence-corrected chi connectivity index (χ3v) is 5.82. The molecule has 3 rings (SSSR count). The Labute approximate surface area is 160 Å². The van der Waals surface area contributed by atoms with Gasteiger partial charge >= 0.3 is 0 Å². The Morgan fingerprint density at radius 3 is 2.46 bits per heavy atom. The summed E-state index contributed by atoms with van der Waals surface area (Å²) < 4.78 is 10.5. The number of ether oxygens (including phenoxy) is 2. The first-order chi connectivity index (χ1) is 12.7. The van der Waals surface area contributed by atoms with Crippen LogP contribution in [0.25, 0.3) is 0 Å². The van der Waals surface area contributed by atoms with Gasteiger partial charge in [-0.3, -0.25) is 4.90 Å². The second-order valence-electron chi connectivity index (χ2n) is 6.58. The first kappa shape index (κ1) is 19.2. The van der Waals surface area contributed by atoms with Crippen molar-refractivity contribution >= 4 is 23.1 Å². The minimum Gasteiger partial charge on any atom is -0.383 e.